The Morgan fingerprint density at radius 1 is 1.36 bits per heavy atom. The number of aryl methyl sites for hydroxylation is 1. The van der Waals surface area contributed by atoms with Gasteiger partial charge in [-0.25, -0.2) is 4.99 Å². The predicted octanol–water partition coefficient (Wildman–Crippen LogP) is 2.30. The largest absolute Gasteiger partial charge is 0.382 e. The third-order valence-corrected chi connectivity index (χ3v) is 5.49. The topological polar surface area (TPSA) is 97.9 Å². The Morgan fingerprint density at radius 2 is 2.14 bits per heavy atom. The van der Waals surface area contributed by atoms with E-state index in [1.165, 1.54) is 11.9 Å². The van der Waals surface area contributed by atoms with E-state index in [1.54, 1.807) is 23.1 Å². The van der Waals surface area contributed by atoms with Crippen LogP contribution in [-0.4, -0.2) is 42.2 Å². The number of morpholine rings is 1. The molecule has 142 valence electrons. The van der Waals surface area contributed by atoms with Crippen molar-refractivity contribution >= 4 is 35.1 Å². The molecule has 0 bridgehead atoms. The van der Waals surface area contributed by atoms with Gasteiger partial charge in [0, 0.05) is 12.2 Å². The van der Waals surface area contributed by atoms with Crippen molar-refractivity contribution < 1.29 is 14.6 Å². The van der Waals surface area contributed by atoms with Crippen LogP contribution in [0.25, 0.3) is 0 Å². The highest BCUT2D eigenvalue weighted by Gasteiger charge is 2.39. The summed E-state index contributed by atoms with van der Waals surface area (Å²) in [5, 5.41) is 19.8. The number of carbonyl (C=O) groups excluding carboxylic acids is 1. The van der Waals surface area contributed by atoms with Crippen molar-refractivity contribution in [3.63, 3.8) is 0 Å². The van der Waals surface area contributed by atoms with Crippen molar-refractivity contribution in [2.75, 3.05) is 18.1 Å². The fourth-order valence-electron chi connectivity index (χ4n) is 3.10. The van der Waals surface area contributed by atoms with Gasteiger partial charge in [0.05, 0.1) is 28.8 Å². The second-order valence-electron chi connectivity index (χ2n) is 6.56. The lowest BCUT2D eigenvalue weighted by Crippen LogP contribution is -2.56. The van der Waals surface area contributed by atoms with E-state index in [2.05, 4.69) is 15.8 Å². The molecule has 0 aliphatic carbocycles. The summed E-state index contributed by atoms with van der Waals surface area (Å²) in [6, 6.07) is 14.9. The number of hydrogen-bond acceptors (Lipinski definition) is 7. The van der Waals surface area contributed by atoms with Gasteiger partial charge in [0.15, 0.2) is 6.10 Å². The minimum atomic E-state index is -1.22. The number of amidine groups is 1. The number of aliphatic hydroxyl groups excluding tert-OH is 1. The molecule has 1 saturated heterocycles. The summed E-state index contributed by atoms with van der Waals surface area (Å²) < 4.78 is 8.55. The van der Waals surface area contributed by atoms with Crippen molar-refractivity contribution in [3.05, 3.63) is 53.6 Å². The summed E-state index contributed by atoms with van der Waals surface area (Å²) >= 11 is 1.25. The lowest BCUT2D eigenvalue weighted by Gasteiger charge is -2.35. The molecular formula is C20H18N4O3S. The number of ether oxygens (including phenoxy) is 1. The molecular weight excluding hydrogens is 376 g/mol. The summed E-state index contributed by atoms with van der Waals surface area (Å²) in [6.45, 7) is 2.74. The SMILES string of the molecule is Cc1ccc(N2CCO[C@H]([C@@H](O)C3=Nc4ccc(C#N)cc4SN3)C2=O)cc1. The lowest BCUT2D eigenvalue weighted by atomic mass is 10.1. The zero-order chi connectivity index (χ0) is 19.7. The van der Waals surface area contributed by atoms with E-state index in [-0.39, 0.29) is 11.7 Å². The highest BCUT2D eigenvalue weighted by molar-refractivity contribution is 7.98. The zero-order valence-electron chi connectivity index (χ0n) is 15.1. The van der Waals surface area contributed by atoms with Gasteiger partial charge in [-0.15, -0.1) is 0 Å². The van der Waals surface area contributed by atoms with Crippen molar-refractivity contribution in [2.24, 2.45) is 4.99 Å². The molecule has 2 aliphatic rings. The Bertz CT molecular complexity index is 984. The van der Waals surface area contributed by atoms with Crippen molar-refractivity contribution in [2.45, 2.75) is 24.0 Å². The average molecular weight is 394 g/mol. The highest BCUT2D eigenvalue weighted by Crippen LogP contribution is 2.33. The van der Waals surface area contributed by atoms with Gasteiger partial charge >= 0.3 is 0 Å². The fraction of sp³-hybridized carbons (Fsp3) is 0.250. The maximum absolute atomic E-state index is 12.9. The Hall–Kier alpha value is -2.86. The van der Waals surface area contributed by atoms with Gasteiger partial charge in [0.1, 0.15) is 11.9 Å². The van der Waals surface area contributed by atoms with Gasteiger partial charge in [0.25, 0.3) is 5.91 Å². The Morgan fingerprint density at radius 3 is 2.89 bits per heavy atom. The summed E-state index contributed by atoms with van der Waals surface area (Å²) in [6.07, 6.45) is -2.26. The third kappa shape index (κ3) is 3.47. The molecule has 2 aliphatic heterocycles. The first-order valence-corrected chi connectivity index (χ1v) is 9.62. The number of nitrogens with zero attached hydrogens (tertiary/aromatic N) is 3. The molecule has 0 radical (unpaired) electrons. The fourth-order valence-corrected chi connectivity index (χ4v) is 3.89. The van der Waals surface area contributed by atoms with Crippen LogP contribution >= 0.6 is 11.9 Å². The molecule has 2 aromatic carbocycles. The summed E-state index contributed by atoms with van der Waals surface area (Å²) in [5.74, 6) is -0.0472. The monoisotopic (exact) mass is 394 g/mol. The van der Waals surface area contributed by atoms with E-state index >= 15 is 0 Å². The number of nitriles is 1. The first-order valence-electron chi connectivity index (χ1n) is 8.80. The van der Waals surface area contributed by atoms with Crippen LogP contribution in [0, 0.1) is 18.3 Å². The quantitative estimate of drug-likeness (QED) is 0.776. The van der Waals surface area contributed by atoms with Crippen LogP contribution in [-0.2, 0) is 9.53 Å². The van der Waals surface area contributed by atoms with Crippen LogP contribution in [0.2, 0.25) is 0 Å². The van der Waals surface area contributed by atoms with E-state index in [9.17, 15) is 9.90 Å². The number of rotatable bonds is 3. The third-order valence-electron chi connectivity index (χ3n) is 4.63. The van der Waals surface area contributed by atoms with Crippen molar-refractivity contribution in [3.8, 4) is 6.07 Å². The van der Waals surface area contributed by atoms with Gasteiger partial charge in [-0.05, 0) is 49.2 Å². The molecule has 7 nitrogen and oxygen atoms in total. The van der Waals surface area contributed by atoms with E-state index in [0.717, 1.165) is 16.1 Å². The molecule has 2 aromatic rings. The number of anilines is 1. The molecule has 0 spiro atoms. The Labute approximate surface area is 166 Å². The van der Waals surface area contributed by atoms with Crippen molar-refractivity contribution in [1.29, 1.82) is 5.26 Å². The molecule has 1 fully saturated rings. The van der Waals surface area contributed by atoms with E-state index in [0.29, 0.717) is 24.4 Å². The van der Waals surface area contributed by atoms with Crippen LogP contribution in [0.4, 0.5) is 11.4 Å². The number of hydrogen-bond donors (Lipinski definition) is 2. The van der Waals surface area contributed by atoms with E-state index < -0.39 is 12.2 Å². The molecule has 28 heavy (non-hydrogen) atoms. The Balaban J connectivity index is 1.56. The lowest BCUT2D eigenvalue weighted by molar-refractivity contribution is -0.139. The number of fused-ring (bicyclic) bond motifs is 1. The maximum Gasteiger partial charge on any atom is 0.259 e. The minimum Gasteiger partial charge on any atom is -0.382 e. The van der Waals surface area contributed by atoms with Gasteiger partial charge in [0.2, 0.25) is 0 Å². The number of aliphatic imine (C=N–C) groups is 1. The number of nitrogens with one attached hydrogen (secondary N) is 1. The van der Waals surface area contributed by atoms with Gasteiger partial charge in [-0.2, -0.15) is 5.26 Å². The summed E-state index contributed by atoms with van der Waals surface area (Å²) in [5.41, 5.74) is 3.05. The summed E-state index contributed by atoms with van der Waals surface area (Å²) in [7, 11) is 0. The number of carbonyl (C=O) groups is 1. The highest BCUT2D eigenvalue weighted by atomic mass is 32.2. The smallest absolute Gasteiger partial charge is 0.259 e. The van der Waals surface area contributed by atoms with Crippen molar-refractivity contribution in [1.82, 2.24) is 4.72 Å². The standard InChI is InChI=1S/C20H18N4O3S/c1-12-2-5-14(6-3-12)24-8-9-27-18(20(24)26)17(25)19-22-15-7-4-13(11-21)10-16(15)28-23-19/h2-7,10,17-18,25H,8-9H2,1H3,(H,22,23)/t17-,18-/m1/s1. The van der Waals surface area contributed by atoms with Gasteiger partial charge in [-0.3, -0.25) is 4.79 Å². The molecule has 2 atom stereocenters. The van der Waals surface area contributed by atoms with E-state index in [1.807, 2.05) is 31.2 Å². The van der Waals surface area contributed by atoms with Gasteiger partial charge < -0.3 is 19.5 Å². The van der Waals surface area contributed by atoms with Crippen LogP contribution in [0.5, 0.6) is 0 Å². The molecule has 1 amide bonds. The first-order chi connectivity index (χ1) is 13.6. The number of benzene rings is 2. The Kier molecular flexibility index (Phi) is 5.05. The molecule has 2 N–H and O–H groups in total. The molecule has 0 unspecified atom stereocenters. The minimum absolute atomic E-state index is 0.256. The molecule has 4 rings (SSSR count). The normalized spacial score (nSPS) is 19.9. The van der Waals surface area contributed by atoms with Crippen LogP contribution in [0.15, 0.2) is 52.4 Å². The van der Waals surface area contributed by atoms with Gasteiger partial charge in [-0.1, -0.05) is 17.7 Å². The molecule has 8 heteroatoms. The zero-order valence-corrected chi connectivity index (χ0v) is 15.9. The molecule has 0 saturated carbocycles. The summed E-state index contributed by atoms with van der Waals surface area (Å²) in [4.78, 5) is 19.8. The average Bonchev–Trinajstić information content (AvgIpc) is 2.73. The molecule has 0 aromatic heterocycles. The second kappa shape index (κ2) is 7.64. The van der Waals surface area contributed by atoms with E-state index in [4.69, 9.17) is 10.00 Å². The number of aliphatic hydroxyl groups is 1. The van der Waals surface area contributed by atoms with Crippen LogP contribution in [0.1, 0.15) is 11.1 Å². The maximum atomic E-state index is 12.9. The molecule has 2 heterocycles. The predicted molar refractivity (Wildman–Crippen MR) is 107 cm³/mol. The second-order valence-corrected chi connectivity index (χ2v) is 7.41. The van der Waals surface area contributed by atoms with Crippen LogP contribution < -0.4 is 9.62 Å². The first kappa shape index (κ1) is 18.5. The van der Waals surface area contributed by atoms with Crippen LogP contribution in [0.3, 0.4) is 0 Å². The number of amides is 1.